The van der Waals surface area contributed by atoms with Gasteiger partial charge in [0, 0.05) is 23.4 Å². The van der Waals surface area contributed by atoms with E-state index < -0.39 is 29.2 Å². The number of non-ortho nitro benzene ring substituents is 1. The van der Waals surface area contributed by atoms with E-state index in [1.165, 1.54) is 25.1 Å². The molecule has 1 aliphatic heterocycles. The number of Topliss-reactive ketones (excluding diaryl/α,β-unsaturated/α-hetero) is 1. The van der Waals surface area contributed by atoms with Gasteiger partial charge in [-0.1, -0.05) is 0 Å². The van der Waals surface area contributed by atoms with Crippen molar-refractivity contribution >= 4 is 34.9 Å². The zero-order valence-electron chi connectivity index (χ0n) is 14.1. The number of carbonyl (C=O) groups is 4. The monoisotopic (exact) mass is 367 g/mol. The molecule has 0 fully saturated rings. The van der Waals surface area contributed by atoms with Crippen molar-refractivity contribution in [3.63, 3.8) is 0 Å². The van der Waals surface area contributed by atoms with Crippen LogP contribution in [0.5, 0.6) is 0 Å². The van der Waals surface area contributed by atoms with Crippen LogP contribution in [-0.4, -0.2) is 39.9 Å². The Morgan fingerprint density at radius 1 is 1.04 bits per heavy atom. The summed E-state index contributed by atoms with van der Waals surface area (Å²) in [6.07, 6.45) is 0. The lowest BCUT2D eigenvalue weighted by Gasteiger charge is -2.13. The SMILES string of the molecule is CC(=O)c1ccc(NC(=O)CN2C(=O)c3ccc([N+](=O)[O-])cc3C2=O)cc1. The predicted octanol–water partition coefficient (Wildman–Crippen LogP) is 2.03. The summed E-state index contributed by atoms with van der Waals surface area (Å²) in [5.41, 5.74) is 0.482. The minimum Gasteiger partial charge on any atom is -0.325 e. The predicted molar refractivity (Wildman–Crippen MR) is 93.5 cm³/mol. The number of nitrogens with one attached hydrogen (secondary N) is 1. The zero-order chi connectivity index (χ0) is 19.7. The first kappa shape index (κ1) is 17.9. The van der Waals surface area contributed by atoms with Crippen molar-refractivity contribution in [1.82, 2.24) is 4.90 Å². The van der Waals surface area contributed by atoms with Crippen LogP contribution in [0, 0.1) is 10.1 Å². The molecule has 0 bridgehead atoms. The third-order valence-electron chi connectivity index (χ3n) is 4.04. The second kappa shape index (κ2) is 6.79. The first-order chi connectivity index (χ1) is 12.8. The fourth-order valence-electron chi connectivity index (χ4n) is 2.67. The molecular weight excluding hydrogens is 354 g/mol. The number of fused-ring (bicyclic) bond motifs is 1. The molecule has 2 aromatic carbocycles. The Morgan fingerprint density at radius 2 is 1.67 bits per heavy atom. The summed E-state index contributed by atoms with van der Waals surface area (Å²) in [7, 11) is 0. The Bertz CT molecular complexity index is 997. The molecule has 3 amide bonds. The molecule has 9 heteroatoms. The molecule has 27 heavy (non-hydrogen) atoms. The van der Waals surface area contributed by atoms with Gasteiger partial charge in [0.1, 0.15) is 6.54 Å². The largest absolute Gasteiger partial charge is 0.325 e. The molecule has 1 heterocycles. The molecule has 0 radical (unpaired) electrons. The number of nitro groups is 1. The molecule has 9 nitrogen and oxygen atoms in total. The summed E-state index contributed by atoms with van der Waals surface area (Å²) in [6, 6.07) is 9.49. The number of imide groups is 1. The number of hydrogen-bond donors (Lipinski definition) is 1. The molecule has 0 atom stereocenters. The van der Waals surface area contributed by atoms with Gasteiger partial charge in [-0.15, -0.1) is 0 Å². The molecule has 0 aromatic heterocycles. The molecule has 1 aliphatic rings. The Balaban J connectivity index is 1.73. The standard InChI is InChI=1S/C18H13N3O6/c1-10(22)11-2-4-12(5-3-11)19-16(23)9-20-17(24)14-7-6-13(21(26)27)8-15(14)18(20)25/h2-8H,9H2,1H3,(H,19,23). The van der Waals surface area contributed by atoms with Gasteiger partial charge >= 0.3 is 0 Å². The number of amides is 3. The van der Waals surface area contributed by atoms with E-state index in [0.29, 0.717) is 11.3 Å². The van der Waals surface area contributed by atoms with Gasteiger partial charge in [-0.3, -0.25) is 34.2 Å². The smallest absolute Gasteiger partial charge is 0.270 e. The van der Waals surface area contributed by atoms with Gasteiger partial charge in [0.2, 0.25) is 5.91 Å². The van der Waals surface area contributed by atoms with Gasteiger partial charge in [0.05, 0.1) is 16.1 Å². The number of hydrogen-bond acceptors (Lipinski definition) is 6. The highest BCUT2D eigenvalue weighted by Crippen LogP contribution is 2.26. The van der Waals surface area contributed by atoms with Crippen molar-refractivity contribution in [2.75, 3.05) is 11.9 Å². The van der Waals surface area contributed by atoms with Gasteiger partial charge in [-0.2, -0.15) is 0 Å². The lowest BCUT2D eigenvalue weighted by molar-refractivity contribution is -0.384. The van der Waals surface area contributed by atoms with Crippen LogP contribution < -0.4 is 5.32 Å². The van der Waals surface area contributed by atoms with Crippen LogP contribution in [0.25, 0.3) is 0 Å². The average molecular weight is 367 g/mol. The van der Waals surface area contributed by atoms with Crippen LogP contribution in [0.4, 0.5) is 11.4 Å². The molecule has 0 unspecified atom stereocenters. The Morgan fingerprint density at radius 3 is 2.26 bits per heavy atom. The lowest BCUT2D eigenvalue weighted by atomic mass is 10.1. The van der Waals surface area contributed by atoms with E-state index >= 15 is 0 Å². The summed E-state index contributed by atoms with van der Waals surface area (Å²) in [4.78, 5) is 59.0. The van der Waals surface area contributed by atoms with Gasteiger partial charge < -0.3 is 5.32 Å². The number of ketones is 1. The van der Waals surface area contributed by atoms with E-state index in [0.717, 1.165) is 17.0 Å². The van der Waals surface area contributed by atoms with Crippen molar-refractivity contribution in [3.8, 4) is 0 Å². The molecule has 1 N–H and O–H groups in total. The summed E-state index contributed by atoms with van der Waals surface area (Å²) < 4.78 is 0. The lowest BCUT2D eigenvalue weighted by Crippen LogP contribution is -2.37. The maximum Gasteiger partial charge on any atom is 0.270 e. The second-order valence-corrected chi connectivity index (χ2v) is 5.87. The van der Waals surface area contributed by atoms with E-state index in [-0.39, 0.29) is 22.6 Å². The number of carbonyl (C=O) groups excluding carboxylic acids is 4. The molecule has 2 aromatic rings. The highest BCUT2D eigenvalue weighted by Gasteiger charge is 2.37. The molecule has 0 saturated carbocycles. The average Bonchev–Trinajstić information content (AvgIpc) is 2.86. The van der Waals surface area contributed by atoms with Gasteiger partial charge in [0.25, 0.3) is 17.5 Å². The van der Waals surface area contributed by atoms with Crippen LogP contribution in [0.2, 0.25) is 0 Å². The van der Waals surface area contributed by atoms with E-state index in [1.54, 1.807) is 12.1 Å². The van der Waals surface area contributed by atoms with Crippen LogP contribution in [-0.2, 0) is 4.79 Å². The first-order valence-corrected chi connectivity index (χ1v) is 7.83. The third-order valence-corrected chi connectivity index (χ3v) is 4.04. The first-order valence-electron chi connectivity index (χ1n) is 7.83. The van der Waals surface area contributed by atoms with Gasteiger partial charge in [-0.25, -0.2) is 0 Å². The van der Waals surface area contributed by atoms with E-state index in [4.69, 9.17) is 0 Å². The molecule has 0 saturated heterocycles. The number of rotatable bonds is 5. The minimum absolute atomic E-state index is 0.0178. The Kier molecular flexibility index (Phi) is 4.51. The normalized spacial score (nSPS) is 12.7. The third kappa shape index (κ3) is 3.43. The fourth-order valence-corrected chi connectivity index (χ4v) is 2.67. The van der Waals surface area contributed by atoms with Crippen molar-refractivity contribution < 1.29 is 24.1 Å². The number of nitrogens with zero attached hydrogens (tertiary/aromatic N) is 2. The Labute approximate surface area is 152 Å². The molecule has 3 rings (SSSR count). The summed E-state index contributed by atoms with van der Waals surface area (Å²) in [5.74, 6) is -2.18. The van der Waals surface area contributed by atoms with E-state index in [9.17, 15) is 29.3 Å². The highest BCUT2D eigenvalue weighted by atomic mass is 16.6. The van der Waals surface area contributed by atoms with Crippen LogP contribution in [0.1, 0.15) is 38.0 Å². The maximum atomic E-state index is 12.4. The van der Waals surface area contributed by atoms with Crippen molar-refractivity contribution in [2.24, 2.45) is 0 Å². The number of anilines is 1. The maximum absolute atomic E-state index is 12.4. The fraction of sp³-hybridized carbons (Fsp3) is 0.111. The molecule has 0 spiro atoms. The number of nitro benzene ring substituents is 1. The van der Waals surface area contributed by atoms with E-state index in [1.807, 2.05) is 0 Å². The second-order valence-electron chi connectivity index (χ2n) is 5.87. The van der Waals surface area contributed by atoms with Gasteiger partial charge in [0.15, 0.2) is 5.78 Å². The zero-order valence-corrected chi connectivity index (χ0v) is 14.1. The molecular formula is C18H13N3O6. The van der Waals surface area contributed by atoms with Crippen LogP contribution >= 0.6 is 0 Å². The highest BCUT2D eigenvalue weighted by molar-refractivity contribution is 6.23. The molecule has 0 aliphatic carbocycles. The van der Waals surface area contributed by atoms with Crippen LogP contribution in [0.3, 0.4) is 0 Å². The van der Waals surface area contributed by atoms with Crippen molar-refractivity contribution in [2.45, 2.75) is 6.92 Å². The van der Waals surface area contributed by atoms with E-state index in [2.05, 4.69) is 5.32 Å². The summed E-state index contributed by atoms with van der Waals surface area (Å²) >= 11 is 0. The van der Waals surface area contributed by atoms with Gasteiger partial charge in [-0.05, 0) is 37.3 Å². The van der Waals surface area contributed by atoms with Crippen LogP contribution in [0.15, 0.2) is 42.5 Å². The Hall–Kier alpha value is -3.88. The summed E-state index contributed by atoms with van der Waals surface area (Å²) in [5, 5.41) is 13.4. The van der Waals surface area contributed by atoms with Crippen molar-refractivity contribution in [1.29, 1.82) is 0 Å². The number of benzene rings is 2. The summed E-state index contributed by atoms with van der Waals surface area (Å²) in [6.45, 7) is 0.884. The topological polar surface area (TPSA) is 127 Å². The van der Waals surface area contributed by atoms with Crippen molar-refractivity contribution in [3.05, 3.63) is 69.3 Å². The minimum atomic E-state index is -0.763. The molecule has 136 valence electrons. The quantitative estimate of drug-likeness (QED) is 0.373.